The zero-order chi connectivity index (χ0) is 16.4. The number of esters is 1. The molecule has 0 N–H and O–H groups in total. The SMILES string of the molecule is CCOC(=O)c1cc(C(=O)c2ccccc2F)n2ccccc12. The van der Waals surface area contributed by atoms with Crippen LogP contribution in [0.4, 0.5) is 4.39 Å². The van der Waals surface area contributed by atoms with Crippen LogP contribution in [-0.2, 0) is 4.74 Å². The van der Waals surface area contributed by atoms with Gasteiger partial charge in [-0.25, -0.2) is 9.18 Å². The molecule has 3 aromatic rings. The molecule has 2 aromatic heterocycles. The highest BCUT2D eigenvalue weighted by Crippen LogP contribution is 2.21. The van der Waals surface area contributed by atoms with E-state index >= 15 is 0 Å². The largest absolute Gasteiger partial charge is 0.462 e. The van der Waals surface area contributed by atoms with E-state index in [1.165, 1.54) is 24.3 Å². The Morgan fingerprint density at radius 2 is 1.83 bits per heavy atom. The van der Waals surface area contributed by atoms with E-state index in [1.807, 2.05) is 0 Å². The average molecular weight is 311 g/mol. The van der Waals surface area contributed by atoms with Gasteiger partial charge in [0.15, 0.2) is 0 Å². The van der Waals surface area contributed by atoms with Gasteiger partial charge >= 0.3 is 5.97 Å². The van der Waals surface area contributed by atoms with Crippen LogP contribution in [0.5, 0.6) is 0 Å². The van der Waals surface area contributed by atoms with Crippen molar-refractivity contribution in [1.29, 1.82) is 0 Å². The maximum Gasteiger partial charge on any atom is 0.340 e. The van der Waals surface area contributed by atoms with Crippen LogP contribution in [0.3, 0.4) is 0 Å². The van der Waals surface area contributed by atoms with Crippen LogP contribution in [0.15, 0.2) is 54.7 Å². The van der Waals surface area contributed by atoms with Crippen LogP contribution in [0.1, 0.15) is 33.3 Å². The minimum absolute atomic E-state index is 0.0360. The predicted molar refractivity (Wildman–Crippen MR) is 83.2 cm³/mol. The lowest BCUT2D eigenvalue weighted by molar-refractivity contribution is 0.0529. The van der Waals surface area contributed by atoms with Crippen LogP contribution < -0.4 is 0 Å². The summed E-state index contributed by atoms with van der Waals surface area (Å²) in [4.78, 5) is 24.7. The minimum Gasteiger partial charge on any atom is -0.462 e. The number of fused-ring (bicyclic) bond motifs is 1. The Balaban J connectivity index is 2.17. The molecule has 3 rings (SSSR count). The fourth-order valence-corrected chi connectivity index (χ4v) is 2.48. The van der Waals surface area contributed by atoms with Gasteiger partial charge in [-0.05, 0) is 37.3 Å². The molecule has 0 spiro atoms. The number of carbonyl (C=O) groups is 2. The van der Waals surface area contributed by atoms with E-state index in [0.29, 0.717) is 5.52 Å². The van der Waals surface area contributed by atoms with Crippen molar-refractivity contribution in [2.45, 2.75) is 6.92 Å². The van der Waals surface area contributed by atoms with Crippen LogP contribution in [0, 0.1) is 5.82 Å². The van der Waals surface area contributed by atoms with Gasteiger partial charge in [0.1, 0.15) is 5.82 Å². The number of rotatable bonds is 4. The first-order valence-corrected chi connectivity index (χ1v) is 7.20. The maximum atomic E-state index is 13.9. The van der Waals surface area contributed by atoms with Gasteiger partial charge in [-0.3, -0.25) is 4.79 Å². The number of carbonyl (C=O) groups excluding carboxylic acids is 2. The van der Waals surface area contributed by atoms with E-state index in [4.69, 9.17) is 4.74 Å². The van der Waals surface area contributed by atoms with Crippen molar-refractivity contribution >= 4 is 17.3 Å². The van der Waals surface area contributed by atoms with Crippen LogP contribution in [0.2, 0.25) is 0 Å². The first-order chi connectivity index (χ1) is 11.1. The van der Waals surface area contributed by atoms with E-state index in [-0.39, 0.29) is 23.4 Å². The number of hydrogen-bond donors (Lipinski definition) is 0. The van der Waals surface area contributed by atoms with Gasteiger partial charge in [0.25, 0.3) is 0 Å². The number of ketones is 1. The molecule has 5 heteroatoms. The van der Waals surface area contributed by atoms with Crippen LogP contribution >= 0.6 is 0 Å². The zero-order valence-electron chi connectivity index (χ0n) is 12.5. The molecule has 1 aromatic carbocycles. The molecule has 4 nitrogen and oxygen atoms in total. The van der Waals surface area contributed by atoms with Gasteiger partial charge in [0.05, 0.1) is 28.9 Å². The molecule has 2 heterocycles. The molecule has 0 saturated carbocycles. The summed E-state index contributed by atoms with van der Waals surface area (Å²) in [5.41, 5.74) is 1.01. The highest BCUT2D eigenvalue weighted by atomic mass is 19.1. The standard InChI is InChI=1S/C18H14FNO3/c1-2-23-18(22)13-11-16(20-10-6-5-9-15(13)20)17(21)12-7-3-4-8-14(12)19/h3-11H,2H2,1H3. The maximum absolute atomic E-state index is 13.9. The van der Waals surface area contributed by atoms with Crippen molar-refractivity contribution in [2.24, 2.45) is 0 Å². The van der Waals surface area contributed by atoms with E-state index in [2.05, 4.69) is 0 Å². The van der Waals surface area contributed by atoms with Gasteiger partial charge in [0.2, 0.25) is 5.78 Å². The Bertz CT molecular complexity index is 898. The summed E-state index contributed by atoms with van der Waals surface area (Å²) in [6.07, 6.45) is 1.66. The number of aromatic nitrogens is 1. The second-order valence-electron chi connectivity index (χ2n) is 4.93. The molecule has 23 heavy (non-hydrogen) atoms. The van der Waals surface area contributed by atoms with E-state index < -0.39 is 17.6 Å². The molecule has 0 saturated heterocycles. The summed E-state index contributed by atoms with van der Waals surface area (Å²) in [5.74, 6) is -1.59. The van der Waals surface area contributed by atoms with Crippen LogP contribution in [0.25, 0.3) is 5.52 Å². The number of pyridine rings is 1. The van der Waals surface area contributed by atoms with Gasteiger partial charge in [-0.1, -0.05) is 18.2 Å². The first-order valence-electron chi connectivity index (χ1n) is 7.20. The van der Waals surface area contributed by atoms with Crippen molar-refractivity contribution < 1.29 is 18.7 Å². The monoisotopic (exact) mass is 311 g/mol. The van der Waals surface area contributed by atoms with E-state index in [9.17, 15) is 14.0 Å². The van der Waals surface area contributed by atoms with Crippen molar-refractivity contribution in [2.75, 3.05) is 6.61 Å². The molecular weight excluding hydrogens is 297 g/mol. The Morgan fingerprint density at radius 3 is 2.57 bits per heavy atom. The molecule has 0 bridgehead atoms. The number of benzene rings is 1. The lowest BCUT2D eigenvalue weighted by Crippen LogP contribution is -2.07. The lowest BCUT2D eigenvalue weighted by atomic mass is 10.1. The van der Waals surface area contributed by atoms with Crippen molar-refractivity contribution in [3.05, 3.63) is 77.4 Å². The number of hydrogen-bond acceptors (Lipinski definition) is 3. The van der Waals surface area contributed by atoms with Gasteiger partial charge in [-0.15, -0.1) is 0 Å². The highest BCUT2D eigenvalue weighted by molar-refractivity contribution is 6.11. The summed E-state index contributed by atoms with van der Waals surface area (Å²) in [5, 5.41) is 0. The first kappa shape index (κ1) is 15.0. The van der Waals surface area contributed by atoms with Crippen LogP contribution in [-0.4, -0.2) is 22.8 Å². The zero-order valence-corrected chi connectivity index (χ0v) is 12.5. The van der Waals surface area contributed by atoms with Gasteiger partial charge < -0.3 is 9.14 Å². The Morgan fingerprint density at radius 1 is 1.09 bits per heavy atom. The number of halogens is 1. The molecule has 0 atom stereocenters. The molecule has 0 amide bonds. The van der Waals surface area contributed by atoms with Gasteiger partial charge in [0, 0.05) is 6.20 Å². The van der Waals surface area contributed by atoms with E-state index in [1.54, 1.807) is 41.8 Å². The Labute approximate surface area is 132 Å². The average Bonchev–Trinajstić information content (AvgIpc) is 2.95. The van der Waals surface area contributed by atoms with E-state index in [0.717, 1.165) is 0 Å². The molecule has 116 valence electrons. The third-order valence-electron chi connectivity index (χ3n) is 3.52. The summed E-state index contributed by atoms with van der Waals surface area (Å²) in [6.45, 7) is 1.95. The summed E-state index contributed by atoms with van der Waals surface area (Å²) in [7, 11) is 0. The molecule has 0 radical (unpaired) electrons. The predicted octanol–water partition coefficient (Wildman–Crippen LogP) is 3.49. The van der Waals surface area contributed by atoms with Crippen molar-refractivity contribution in [3.8, 4) is 0 Å². The fourth-order valence-electron chi connectivity index (χ4n) is 2.48. The third kappa shape index (κ3) is 2.61. The Kier molecular flexibility index (Phi) is 3.93. The van der Waals surface area contributed by atoms with Crippen molar-refractivity contribution in [3.63, 3.8) is 0 Å². The number of ether oxygens (including phenoxy) is 1. The molecule has 0 unspecified atom stereocenters. The normalized spacial score (nSPS) is 10.7. The topological polar surface area (TPSA) is 47.8 Å². The highest BCUT2D eigenvalue weighted by Gasteiger charge is 2.22. The summed E-state index contributed by atoms with van der Waals surface area (Å²) < 4.78 is 20.5. The lowest BCUT2D eigenvalue weighted by Gasteiger charge is -2.03. The van der Waals surface area contributed by atoms with Crippen molar-refractivity contribution in [1.82, 2.24) is 4.40 Å². The second-order valence-corrected chi connectivity index (χ2v) is 4.93. The third-order valence-corrected chi connectivity index (χ3v) is 3.52. The minimum atomic E-state index is -0.596. The molecule has 0 aliphatic carbocycles. The summed E-state index contributed by atoms with van der Waals surface area (Å²) in [6, 6.07) is 12.4. The summed E-state index contributed by atoms with van der Waals surface area (Å²) >= 11 is 0. The molecule has 0 fully saturated rings. The quantitative estimate of drug-likeness (QED) is 0.547. The molecule has 0 aliphatic heterocycles. The second kappa shape index (κ2) is 6.04. The fraction of sp³-hybridized carbons (Fsp3) is 0.111. The van der Waals surface area contributed by atoms with Gasteiger partial charge in [-0.2, -0.15) is 0 Å². The molecular formula is C18H14FNO3. The Hall–Kier alpha value is -2.95. The number of nitrogens with zero attached hydrogens (tertiary/aromatic N) is 1. The smallest absolute Gasteiger partial charge is 0.340 e. The molecule has 0 aliphatic rings.